The lowest BCUT2D eigenvalue weighted by molar-refractivity contribution is -0.118. The van der Waals surface area contributed by atoms with Crippen LogP contribution in [0.2, 0.25) is 0 Å². The third-order valence-corrected chi connectivity index (χ3v) is 1.69. The number of rotatable bonds is 0. The molecule has 0 aromatic carbocycles. The molecule has 0 radical (unpaired) electrons. The third-order valence-electron chi connectivity index (χ3n) is 1.31. The first-order valence-corrected chi connectivity index (χ1v) is 4.00. The highest BCUT2D eigenvalue weighted by molar-refractivity contribution is 9.10. The average Bonchev–Trinajstić information content (AvgIpc) is 2.03. The average molecular weight is 230 g/mol. The summed E-state index contributed by atoms with van der Waals surface area (Å²) in [6.45, 7) is 0.00329. The van der Waals surface area contributed by atoms with Crippen LogP contribution < -0.4 is 10.1 Å². The maximum absolute atomic E-state index is 10.8. The van der Waals surface area contributed by atoms with Crippen LogP contribution in [0.15, 0.2) is 10.8 Å². The number of carbonyl (C=O) groups excluding carboxylic acids is 1. The molecular formula is C6H4BrN3O2. The number of carbonyl (C=O) groups is 1. The van der Waals surface area contributed by atoms with Gasteiger partial charge in [-0.25, -0.2) is 9.97 Å². The molecule has 1 aliphatic rings. The molecule has 0 saturated carbocycles. The van der Waals surface area contributed by atoms with Crippen molar-refractivity contribution in [1.29, 1.82) is 0 Å². The molecule has 1 amide bonds. The van der Waals surface area contributed by atoms with Crippen molar-refractivity contribution in [3.05, 3.63) is 10.8 Å². The van der Waals surface area contributed by atoms with E-state index in [4.69, 9.17) is 4.74 Å². The van der Waals surface area contributed by atoms with Crippen LogP contribution in [-0.2, 0) is 4.79 Å². The molecule has 5 nitrogen and oxygen atoms in total. The van der Waals surface area contributed by atoms with Crippen molar-refractivity contribution in [2.45, 2.75) is 0 Å². The molecule has 12 heavy (non-hydrogen) atoms. The second-order valence-corrected chi connectivity index (χ2v) is 3.00. The van der Waals surface area contributed by atoms with Gasteiger partial charge in [-0.1, -0.05) is 0 Å². The SMILES string of the molecule is O=C1COc2ncc(Br)nc2N1. The number of anilines is 1. The van der Waals surface area contributed by atoms with Gasteiger partial charge in [-0.05, 0) is 15.9 Å². The molecule has 6 heteroatoms. The van der Waals surface area contributed by atoms with Crippen LogP contribution in [0, 0.1) is 0 Å². The van der Waals surface area contributed by atoms with Gasteiger partial charge in [0.2, 0.25) is 0 Å². The largest absolute Gasteiger partial charge is 0.465 e. The fourth-order valence-electron chi connectivity index (χ4n) is 0.846. The van der Waals surface area contributed by atoms with Crippen molar-refractivity contribution in [2.75, 3.05) is 11.9 Å². The molecular weight excluding hydrogens is 226 g/mol. The predicted octanol–water partition coefficient (Wildman–Crippen LogP) is 0.570. The third kappa shape index (κ3) is 1.25. The summed E-state index contributed by atoms with van der Waals surface area (Å²) in [5.74, 6) is 0.508. The molecule has 0 spiro atoms. The molecule has 0 saturated heterocycles. The van der Waals surface area contributed by atoms with E-state index in [1.54, 1.807) is 0 Å². The lowest BCUT2D eigenvalue weighted by atomic mass is 10.5. The zero-order valence-corrected chi connectivity index (χ0v) is 7.46. The fraction of sp³-hybridized carbons (Fsp3) is 0.167. The molecule has 1 aromatic heterocycles. The van der Waals surface area contributed by atoms with Crippen molar-refractivity contribution >= 4 is 27.7 Å². The van der Waals surface area contributed by atoms with Gasteiger partial charge in [-0.15, -0.1) is 0 Å². The number of hydrogen-bond donors (Lipinski definition) is 1. The van der Waals surface area contributed by atoms with E-state index in [0.29, 0.717) is 16.3 Å². The summed E-state index contributed by atoms with van der Waals surface area (Å²) in [4.78, 5) is 18.7. The Kier molecular flexibility index (Phi) is 1.69. The molecule has 1 aromatic rings. The van der Waals surface area contributed by atoms with Crippen molar-refractivity contribution < 1.29 is 9.53 Å². The normalized spacial score (nSPS) is 14.6. The predicted molar refractivity (Wildman–Crippen MR) is 43.9 cm³/mol. The van der Waals surface area contributed by atoms with Crippen LogP contribution >= 0.6 is 15.9 Å². The lowest BCUT2D eigenvalue weighted by Gasteiger charge is -2.14. The maximum atomic E-state index is 10.8. The standard InChI is InChI=1S/C6H4BrN3O2/c7-3-1-8-6-5(9-3)10-4(11)2-12-6/h1H,2H2,(H,9,10,11). The van der Waals surface area contributed by atoms with E-state index >= 15 is 0 Å². The quantitative estimate of drug-likeness (QED) is 0.707. The minimum atomic E-state index is -0.213. The maximum Gasteiger partial charge on any atom is 0.263 e. The zero-order chi connectivity index (χ0) is 8.55. The van der Waals surface area contributed by atoms with Crippen LogP contribution in [0.1, 0.15) is 0 Å². The number of amides is 1. The van der Waals surface area contributed by atoms with E-state index in [9.17, 15) is 4.79 Å². The number of nitrogens with one attached hydrogen (secondary N) is 1. The minimum absolute atomic E-state index is 0.00329. The molecule has 2 rings (SSSR count). The van der Waals surface area contributed by atoms with Crippen LogP contribution in [0.5, 0.6) is 5.88 Å². The highest BCUT2D eigenvalue weighted by Gasteiger charge is 2.18. The van der Waals surface area contributed by atoms with Crippen LogP contribution in [0.25, 0.3) is 0 Å². The Labute approximate surface area is 76.3 Å². The molecule has 62 valence electrons. The Balaban J connectivity index is 2.44. The van der Waals surface area contributed by atoms with E-state index in [-0.39, 0.29) is 12.5 Å². The van der Waals surface area contributed by atoms with Gasteiger partial charge in [0.25, 0.3) is 11.8 Å². The first kappa shape index (κ1) is 7.48. The Morgan fingerprint density at radius 1 is 1.67 bits per heavy atom. The van der Waals surface area contributed by atoms with Crippen LogP contribution in [-0.4, -0.2) is 22.5 Å². The van der Waals surface area contributed by atoms with Gasteiger partial charge < -0.3 is 10.1 Å². The summed E-state index contributed by atoms with van der Waals surface area (Å²) in [5, 5.41) is 2.53. The molecule has 1 N–H and O–H groups in total. The molecule has 0 bridgehead atoms. The smallest absolute Gasteiger partial charge is 0.263 e. The van der Waals surface area contributed by atoms with Crippen molar-refractivity contribution in [3.8, 4) is 5.88 Å². The number of hydrogen-bond acceptors (Lipinski definition) is 4. The Morgan fingerprint density at radius 3 is 3.33 bits per heavy atom. The van der Waals surface area contributed by atoms with Crippen molar-refractivity contribution in [1.82, 2.24) is 9.97 Å². The first-order chi connectivity index (χ1) is 5.75. The number of ether oxygens (including phenoxy) is 1. The van der Waals surface area contributed by atoms with E-state index < -0.39 is 0 Å². The molecule has 1 aliphatic heterocycles. The Morgan fingerprint density at radius 2 is 2.50 bits per heavy atom. The van der Waals surface area contributed by atoms with Gasteiger partial charge in [-0.2, -0.15) is 0 Å². The van der Waals surface area contributed by atoms with Gasteiger partial charge in [0.15, 0.2) is 12.4 Å². The summed E-state index contributed by atoms with van der Waals surface area (Å²) in [7, 11) is 0. The summed E-state index contributed by atoms with van der Waals surface area (Å²) < 4.78 is 5.55. The zero-order valence-electron chi connectivity index (χ0n) is 5.87. The van der Waals surface area contributed by atoms with E-state index in [1.165, 1.54) is 6.20 Å². The van der Waals surface area contributed by atoms with Gasteiger partial charge >= 0.3 is 0 Å². The van der Waals surface area contributed by atoms with E-state index in [1.807, 2.05) is 0 Å². The summed E-state index contributed by atoms with van der Waals surface area (Å²) >= 11 is 3.13. The second kappa shape index (κ2) is 2.71. The van der Waals surface area contributed by atoms with E-state index in [2.05, 4.69) is 31.2 Å². The molecule has 0 unspecified atom stereocenters. The Hall–Kier alpha value is -1.17. The number of fused-ring (bicyclic) bond motifs is 1. The fourth-order valence-corrected chi connectivity index (χ4v) is 1.13. The monoisotopic (exact) mass is 229 g/mol. The second-order valence-electron chi connectivity index (χ2n) is 2.18. The minimum Gasteiger partial charge on any atom is -0.465 e. The first-order valence-electron chi connectivity index (χ1n) is 3.21. The highest BCUT2D eigenvalue weighted by Crippen LogP contribution is 2.23. The molecule has 2 heterocycles. The topological polar surface area (TPSA) is 64.1 Å². The Bertz CT molecular complexity index is 342. The number of aromatic nitrogens is 2. The lowest BCUT2D eigenvalue weighted by Crippen LogP contribution is -2.26. The van der Waals surface area contributed by atoms with Gasteiger partial charge in [0.1, 0.15) is 4.60 Å². The van der Waals surface area contributed by atoms with Crippen LogP contribution in [0.3, 0.4) is 0 Å². The van der Waals surface area contributed by atoms with Gasteiger partial charge in [0.05, 0.1) is 6.20 Å². The molecule has 0 aliphatic carbocycles. The number of nitrogens with zero attached hydrogens (tertiary/aromatic N) is 2. The molecule has 0 atom stereocenters. The number of halogens is 1. The molecule has 0 fully saturated rings. The summed E-state index contributed by atoms with van der Waals surface area (Å²) in [5.41, 5.74) is 0. The highest BCUT2D eigenvalue weighted by atomic mass is 79.9. The summed E-state index contributed by atoms with van der Waals surface area (Å²) in [6.07, 6.45) is 1.51. The van der Waals surface area contributed by atoms with Crippen molar-refractivity contribution in [2.24, 2.45) is 0 Å². The van der Waals surface area contributed by atoms with Gasteiger partial charge in [-0.3, -0.25) is 4.79 Å². The summed E-state index contributed by atoms with van der Waals surface area (Å²) in [6, 6.07) is 0. The van der Waals surface area contributed by atoms with Crippen LogP contribution in [0.4, 0.5) is 5.82 Å². The van der Waals surface area contributed by atoms with Crippen molar-refractivity contribution in [3.63, 3.8) is 0 Å². The van der Waals surface area contributed by atoms with E-state index in [0.717, 1.165) is 0 Å². The van der Waals surface area contributed by atoms with Gasteiger partial charge in [0, 0.05) is 0 Å².